The summed E-state index contributed by atoms with van der Waals surface area (Å²) < 4.78 is 64.6. The van der Waals surface area contributed by atoms with E-state index in [0.29, 0.717) is 0 Å². The van der Waals surface area contributed by atoms with E-state index in [1.807, 2.05) is 100 Å². The number of carboxylic acid groups (broad SMARTS) is 2. The number of aliphatic carboxylic acids is 2. The number of benzene rings is 4. The molecule has 1 aliphatic heterocycles. The summed E-state index contributed by atoms with van der Waals surface area (Å²) in [5, 5.41) is 19.9. The lowest BCUT2D eigenvalue weighted by molar-refractivity contribution is -0.149. The van der Waals surface area contributed by atoms with Crippen LogP contribution in [0.3, 0.4) is 0 Å². The first-order chi connectivity index (χ1) is 36.7. The molecular weight excluding hydrogens is 1040 g/mol. The zero-order valence-corrected chi connectivity index (χ0v) is 46.2. The van der Waals surface area contributed by atoms with Gasteiger partial charge in [0.2, 0.25) is 0 Å². The average Bonchev–Trinajstić information content (AvgIpc) is 3.90. The highest BCUT2D eigenvalue weighted by atomic mass is 32.2. The topological polar surface area (TPSA) is 318 Å². The molecule has 1 fully saturated rings. The van der Waals surface area contributed by atoms with Gasteiger partial charge in [0.25, 0.3) is 0 Å². The van der Waals surface area contributed by atoms with Gasteiger partial charge in [-0.25, -0.2) is 19.2 Å². The number of fused-ring (bicyclic) bond motifs is 3. The maximum Gasteiger partial charge on any atom is 0.426 e. The van der Waals surface area contributed by atoms with Crippen molar-refractivity contribution < 1.29 is 84.7 Å². The molecule has 0 aromatic heterocycles. The van der Waals surface area contributed by atoms with E-state index < -0.39 is 82.7 Å². The minimum Gasteiger partial charge on any atom is -0.480 e. The second-order valence-electron chi connectivity index (χ2n) is 19.3. The highest BCUT2D eigenvalue weighted by molar-refractivity contribution is 7.85. The van der Waals surface area contributed by atoms with Crippen molar-refractivity contribution in [2.45, 2.75) is 130 Å². The van der Waals surface area contributed by atoms with E-state index in [1.165, 1.54) is 0 Å². The molecule has 0 bridgehead atoms. The molecule has 0 radical (unpaired) electrons. The van der Waals surface area contributed by atoms with E-state index in [9.17, 15) is 42.3 Å². The van der Waals surface area contributed by atoms with Crippen LogP contribution in [0.5, 0.6) is 0 Å². The van der Waals surface area contributed by atoms with E-state index in [4.69, 9.17) is 49.7 Å². The highest BCUT2D eigenvalue weighted by Gasteiger charge is 2.49. The number of alkyl carbamates (subject to hydrolysis) is 1. The number of hydrogen-bond donors (Lipinski definition) is 5. The Hall–Kier alpha value is -6.99. The summed E-state index contributed by atoms with van der Waals surface area (Å²) in [6, 6.07) is 30.2. The van der Waals surface area contributed by atoms with Crippen molar-refractivity contribution >= 4 is 46.4 Å². The fraction of sp³-hybridized carbons (Fsp3) is 0.455. The Morgan fingerprint density at radius 1 is 0.641 bits per heavy atom. The molecule has 4 aromatic carbocycles. The van der Waals surface area contributed by atoms with E-state index in [1.54, 1.807) is 58.9 Å². The first-order valence-electron chi connectivity index (χ1n) is 25.0. The van der Waals surface area contributed by atoms with Gasteiger partial charge in [-0.15, -0.1) is 0 Å². The van der Waals surface area contributed by atoms with Gasteiger partial charge in [-0.3, -0.25) is 13.8 Å². The van der Waals surface area contributed by atoms with Gasteiger partial charge in [0.05, 0.1) is 38.1 Å². The van der Waals surface area contributed by atoms with Crippen molar-refractivity contribution in [3.63, 3.8) is 0 Å². The Morgan fingerprint density at radius 2 is 1.09 bits per heavy atom. The van der Waals surface area contributed by atoms with Gasteiger partial charge in [-0.2, -0.15) is 12.7 Å². The zero-order chi connectivity index (χ0) is 58.2. The number of amides is 2. The normalized spacial score (nSPS) is 15.3. The lowest BCUT2D eigenvalue weighted by Crippen LogP contribution is -2.46. The molecule has 23 heteroatoms. The number of nitrogens with two attached hydrogens (primary N) is 2. The molecule has 2 aliphatic rings. The second-order valence-corrected chi connectivity index (χ2v) is 20.8. The van der Waals surface area contributed by atoms with Gasteiger partial charge < -0.3 is 60.2 Å². The molecule has 7 N–H and O–H groups in total. The smallest absolute Gasteiger partial charge is 0.426 e. The molecule has 1 heterocycles. The van der Waals surface area contributed by atoms with Crippen molar-refractivity contribution in [3.05, 3.63) is 131 Å². The third kappa shape index (κ3) is 22.9. The van der Waals surface area contributed by atoms with Gasteiger partial charge in [0, 0.05) is 5.92 Å². The molecule has 4 aromatic rings. The van der Waals surface area contributed by atoms with E-state index in [0.717, 1.165) is 33.4 Å². The van der Waals surface area contributed by atoms with Crippen LogP contribution in [0.15, 0.2) is 109 Å². The number of hydrogen-bond acceptors (Lipinski definition) is 18. The second kappa shape index (κ2) is 32.0. The van der Waals surface area contributed by atoms with Crippen LogP contribution in [-0.4, -0.2) is 140 Å². The number of ether oxygens (including phenoxy) is 7. The van der Waals surface area contributed by atoms with Crippen molar-refractivity contribution in [2.75, 3.05) is 33.0 Å². The predicted octanol–water partition coefficient (Wildman–Crippen LogP) is 6.32. The summed E-state index contributed by atoms with van der Waals surface area (Å²) in [7, 11) is -4.38. The van der Waals surface area contributed by atoms with Crippen LogP contribution in [0.4, 0.5) is 9.59 Å². The maximum absolute atomic E-state index is 12.2. The lowest BCUT2D eigenvalue weighted by atomic mass is 9.98. The SMILES string of the molecule is CC(C)(C)OC(=O)N1[C@@H](C(=O)OCc2ccccc2)COS1(=O)=O.CC(C)OC[C@@H](N)C(=O)O.CC(C)OC[C@@H](N)C(=O)OCc1ccccc1.CC(C)OC[C@@H](NC(=O)OCC1c2ccccc2-c2ccccc21)C(=O)O. The van der Waals surface area contributed by atoms with Gasteiger partial charge in [-0.05, 0) is 95.7 Å². The van der Waals surface area contributed by atoms with Crippen molar-refractivity contribution in [1.29, 1.82) is 0 Å². The number of rotatable bonds is 20. The first kappa shape index (κ1) is 65.3. The van der Waals surface area contributed by atoms with Crippen LogP contribution in [0.2, 0.25) is 0 Å². The summed E-state index contributed by atoms with van der Waals surface area (Å²) in [5.74, 6) is -3.58. The molecule has 0 spiro atoms. The quantitative estimate of drug-likeness (QED) is 0.0477. The largest absolute Gasteiger partial charge is 0.480 e. The number of nitrogens with one attached hydrogen (secondary N) is 1. The number of carboxylic acids is 2. The molecule has 1 aliphatic carbocycles. The molecule has 78 heavy (non-hydrogen) atoms. The molecule has 6 rings (SSSR count). The summed E-state index contributed by atoms with van der Waals surface area (Å²) in [6.07, 6.45) is -1.98. The first-order valence-corrected chi connectivity index (χ1v) is 26.3. The third-order valence-corrected chi connectivity index (χ3v) is 11.9. The van der Waals surface area contributed by atoms with Gasteiger partial charge in [-0.1, -0.05) is 109 Å². The van der Waals surface area contributed by atoms with Crippen LogP contribution >= 0.6 is 0 Å². The highest BCUT2D eigenvalue weighted by Crippen LogP contribution is 2.44. The van der Waals surface area contributed by atoms with Crippen molar-refractivity contribution in [3.8, 4) is 11.1 Å². The van der Waals surface area contributed by atoms with Gasteiger partial charge in [0.1, 0.15) is 44.1 Å². The molecule has 0 unspecified atom stereocenters. The fourth-order valence-corrected chi connectivity index (χ4v) is 7.85. The lowest BCUT2D eigenvalue weighted by Gasteiger charge is -2.25. The number of esters is 2. The van der Waals surface area contributed by atoms with Crippen LogP contribution in [0.25, 0.3) is 11.1 Å². The van der Waals surface area contributed by atoms with Crippen LogP contribution in [0, 0.1) is 0 Å². The van der Waals surface area contributed by atoms with E-state index in [2.05, 4.69) is 21.6 Å². The minimum atomic E-state index is -4.38. The monoisotopic (exact) mass is 1110 g/mol. The molecule has 0 saturated carbocycles. The van der Waals surface area contributed by atoms with Crippen molar-refractivity contribution in [1.82, 2.24) is 9.62 Å². The maximum atomic E-state index is 12.2. The van der Waals surface area contributed by atoms with E-state index >= 15 is 0 Å². The van der Waals surface area contributed by atoms with Gasteiger partial charge in [0.15, 0.2) is 12.1 Å². The molecule has 428 valence electrons. The minimum absolute atomic E-state index is 0.0328. The Labute approximate surface area is 455 Å². The third-order valence-electron chi connectivity index (χ3n) is 10.6. The standard InChI is InChI=1S/C21H23NO5.C15H19NO7S.C13H19NO3.C6H13NO3/c1-13(2)26-12-19(20(23)24)22-21(25)27-11-18-16-9-5-3-7-14(16)15-8-4-6-10-17(15)18;1-15(2,3)23-14(18)16-12(10-22-24(16,19)20)13(17)21-9-11-7-5-4-6-8-11;1-10(2)16-9-12(14)13(15)17-8-11-6-4-3-5-7-11;1-4(2)10-3-5(7)6(8)9/h3-10,13,18-19H,11-12H2,1-2H3,(H,22,25)(H,23,24);4-8,12H,9-10H2,1-3H3;3-7,10,12H,8-9,14H2,1-2H3;4-5H,3,7H2,1-2H3,(H,8,9)/t19-;2*12-;5-/m1111/s1. The van der Waals surface area contributed by atoms with Crippen LogP contribution in [0.1, 0.15) is 90.5 Å². The number of nitrogens with zero attached hydrogens (tertiary/aromatic N) is 1. The summed E-state index contributed by atoms with van der Waals surface area (Å²) in [6.45, 7) is 15.8. The molecule has 2 amide bonds. The molecule has 1 saturated heterocycles. The summed E-state index contributed by atoms with van der Waals surface area (Å²) in [4.78, 5) is 69.3. The predicted molar refractivity (Wildman–Crippen MR) is 286 cm³/mol. The summed E-state index contributed by atoms with van der Waals surface area (Å²) >= 11 is 0. The van der Waals surface area contributed by atoms with Gasteiger partial charge >= 0.3 is 46.4 Å². The Kier molecular flexibility index (Phi) is 26.8. The number of carbonyl (C=O) groups is 6. The Balaban J connectivity index is 0.000000289. The molecule has 22 nitrogen and oxygen atoms in total. The Morgan fingerprint density at radius 3 is 1.55 bits per heavy atom. The van der Waals surface area contributed by atoms with Crippen molar-refractivity contribution in [2.24, 2.45) is 11.5 Å². The number of carbonyl (C=O) groups excluding carboxylic acids is 4. The Bertz CT molecular complexity index is 2600. The fourth-order valence-electron chi connectivity index (χ4n) is 6.76. The van der Waals surface area contributed by atoms with E-state index in [-0.39, 0.29) is 68.2 Å². The average molecular weight is 1110 g/mol. The van der Waals surface area contributed by atoms with Crippen LogP contribution in [-0.2, 0) is 80.0 Å². The molecule has 4 atom stereocenters. The zero-order valence-electron chi connectivity index (χ0n) is 45.4. The van der Waals surface area contributed by atoms with Crippen LogP contribution < -0.4 is 16.8 Å². The summed E-state index contributed by atoms with van der Waals surface area (Å²) in [5.41, 5.74) is 16.0. The molecular formula is C55H74N4O18S.